The lowest BCUT2D eigenvalue weighted by Crippen LogP contribution is -2.37. The number of piperidine rings is 1. The van der Waals surface area contributed by atoms with Gasteiger partial charge in [0.1, 0.15) is 23.4 Å². The predicted molar refractivity (Wildman–Crippen MR) is 99.1 cm³/mol. The molecule has 7 heteroatoms. The number of nitrogens with one attached hydrogen (secondary N) is 1. The van der Waals surface area contributed by atoms with Gasteiger partial charge in [0.25, 0.3) is 5.71 Å². The maximum absolute atomic E-state index is 5.29. The van der Waals surface area contributed by atoms with Gasteiger partial charge in [-0.2, -0.15) is 4.98 Å². The highest BCUT2D eigenvalue weighted by Gasteiger charge is 2.25. The number of para-hydroxylation sites is 2. The molecule has 1 fully saturated rings. The largest absolute Gasteiger partial charge is 0.356 e. The van der Waals surface area contributed by atoms with E-state index in [0.29, 0.717) is 11.6 Å². The van der Waals surface area contributed by atoms with E-state index in [2.05, 4.69) is 37.1 Å². The third-order valence-corrected chi connectivity index (χ3v) is 5.16. The monoisotopic (exact) mass is 348 g/mol. The smallest absolute Gasteiger partial charge is 0.263 e. The molecular formula is C19H20N6O. The molecule has 1 N–H and O–H groups in total. The fourth-order valence-electron chi connectivity index (χ4n) is 3.94. The van der Waals surface area contributed by atoms with Crippen molar-refractivity contribution < 1.29 is 4.52 Å². The quantitative estimate of drug-likeness (QED) is 0.612. The number of rotatable bonds is 3. The number of fused-ring (bicyclic) bond motifs is 2. The molecule has 1 aliphatic heterocycles. The predicted octanol–water partition coefficient (Wildman–Crippen LogP) is 3.26. The van der Waals surface area contributed by atoms with Crippen LogP contribution in [0.1, 0.15) is 24.4 Å². The van der Waals surface area contributed by atoms with Crippen LogP contribution >= 0.6 is 0 Å². The molecule has 0 amide bonds. The average Bonchev–Trinajstić information content (AvgIpc) is 3.25. The number of nitrogens with zero attached hydrogens (tertiary/aromatic N) is 5. The van der Waals surface area contributed by atoms with Crippen LogP contribution in [-0.2, 0) is 6.42 Å². The highest BCUT2D eigenvalue weighted by atomic mass is 16.5. The Bertz CT molecular complexity index is 1040. The van der Waals surface area contributed by atoms with Crippen LogP contribution in [0.15, 0.2) is 35.1 Å². The van der Waals surface area contributed by atoms with E-state index in [9.17, 15) is 0 Å². The number of hydrogen-bond acceptors (Lipinski definition) is 6. The van der Waals surface area contributed by atoms with Crippen molar-refractivity contribution in [1.82, 2.24) is 25.1 Å². The van der Waals surface area contributed by atoms with E-state index < -0.39 is 0 Å². The number of H-pyrrole nitrogens is 1. The van der Waals surface area contributed by atoms with Gasteiger partial charge < -0.3 is 14.4 Å². The summed E-state index contributed by atoms with van der Waals surface area (Å²) in [4.78, 5) is 19.2. The number of anilines is 1. The lowest BCUT2D eigenvalue weighted by Gasteiger charge is -2.33. The SMILES string of the molecule is Cc1noc2ncnc(N3CCCC(Cc4nc5ccccc5[nH]4)C3)c12. The lowest BCUT2D eigenvalue weighted by molar-refractivity contribution is 0.406. The van der Waals surface area contributed by atoms with E-state index in [4.69, 9.17) is 9.51 Å². The van der Waals surface area contributed by atoms with Crippen molar-refractivity contribution in [3.05, 3.63) is 42.1 Å². The van der Waals surface area contributed by atoms with Gasteiger partial charge in [-0.25, -0.2) is 9.97 Å². The number of aryl methyl sites for hydroxylation is 1. The van der Waals surface area contributed by atoms with Crippen molar-refractivity contribution in [3.8, 4) is 0 Å². The van der Waals surface area contributed by atoms with Gasteiger partial charge in [0.2, 0.25) is 0 Å². The molecule has 1 aliphatic rings. The second kappa shape index (κ2) is 6.09. The number of benzene rings is 1. The molecule has 0 aliphatic carbocycles. The first kappa shape index (κ1) is 15.3. The average molecular weight is 348 g/mol. The maximum Gasteiger partial charge on any atom is 0.263 e. The van der Waals surface area contributed by atoms with Crippen molar-refractivity contribution >= 4 is 28.0 Å². The highest BCUT2D eigenvalue weighted by molar-refractivity contribution is 5.87. The minimum atomic E-state index is 0.537. The molecule has 1 aromatic carbocycles. The Labute approximate surface area is 150 Å². The number of hydrogen-bond donors (Lipinski definition) is 1. The van der Waals surface area contributed by atoms with E-state index in [1.54, 1.807) is 6.33 Å². The molecule has 0 saturated carbocycles. The van der Waals surface area contributed by atoms with Crippen LogP contribution in [0.5, 0.6) is 0 Å². The van der Waals surface area contributed by atoms with E-state index in [1.807, 2.05) is 19.1 Å². The van der Waals surface area contributed by atoms with Gasteiger partial charge in [0, 0.05) is 19.5 Å². The molecule has 0 bridgehead atoms. The van der Waals surface area contributed by atoms with Crippen LogP contribution in [-0.4, -0.2) is 38.2 Å². The summed E-state index contributed by atoms with van der Waals surface area (Å²) in [5.41, 5.74) is 3.54. The molecule has 1 saturated heterocycles. The molecule has 0 radical (unpaired) electrons. The summed E-state index contributed by atoms with van der Waals surface area (Å²) in [6.07, 6.45) is 4.85. The number of aromatic amines is 1. The third-order valence-electron chi connectivity index (χ3n) is 5.16. The molecule has 132 valence electrons. The lowest BCUT2D eigenvalue weighted by atomic mass is 9.94. The van der Waals surface area contributed by atoms with Gasteiger partial charge in [-0.05, 0) is 37.8 Å². The highest BCUT2D eigenvalue weighted by Crippen LogP contribution is 2.30. The topological polar surface area (TPSA) is 83.7 Å². The van der Waals surface area contributed by atoms with Gasteiger partial charge in [-0.15, -0.1) is 0 Å². The molecule has 5 rings (SSSR count). The summed E-state index contributed by atoms with van der Waals surface area (Å²) < 4.78 is 5.29. The molecule has 3 aromatic heterocycles. The van der Waals surface area contributed by atoms with Crippen LogP contribution < -0.4 is 4.90 Å². The van der Waals surface area contributed by atoms with Crippen LogP contribution in [0.2, 0.25) is 0 Å². The molecule has 1 atom stereocenters. The van der Waals surface area contributed by atoms with E-state index >= 15 is 0 Å². The molecule has 4 heterocycles. The summed E-state index contributed by atoms with van der Waals surface area (Å²) in [7, 11) is 0. The Morgan fingerprint density at radius 3 is 3.12 bits per heavy atom. The number of imidazole rings is 1. The van der Waals surface area contributed by atoms with Gasteiger partial charge in [-0.1, -0.05) is 17.3 Å². The fourth-order valence-corrected chi connectivity index (χ4v) is 3.94. The Morgan fingerprint density at radius 1 is 1.27 bits per heavy atom. The summed E-state index contributed by atoms with van der Waals surface area (Å²) in [5, 5.41) is 4.97. The first-order valence-electron chi connectivity index (χ1n) is 9.03. The summed E-state index contributed by atoms with van der Waals surface area (Å²) in [6, 6.07) is 8.19. The Balaban J connectivity index is 1.40. The first-order chi connectivity index (χ1) is 12.8. The van der Waals surface area contributed by atoms with Crippen LogP contribution in [0.4, 0.5) is 5.82 Å². The van der Waals surface area contributed by atoms with Crippen LogP contribution in [0, 0.1) is 12.8 Å². The molecular weight excluding hydrogens is 328 g/mol. The van der Waals surface area contributed by atoms with Crippen molar-refractivity contribution in [2.24, 2.45) is 5.92 Å². The second-order valence-electron chi connectivity index (χ2n) is 7.00. The van der Waals surface area contributed by atoms with Gasteiger partial charge in [0.05, 0.1) is 16.7 Å². The van der Waals surface area contributed by atoms with E-state index in [0.717, 1.165) is 59.7 Å². The minimum Gasteiger partial charge on any atom is -0.356 e. The van der Waals surface area contributed by atoms with Gasteiger partial charge >= 0.3 is 0 Å². The summed E-state index contributed by atoms with van der Waals surface area (Å²) in [6.45, 7) is 3.88. The van der Waals surface area contributed by atoms with Gasteiger partial charge in [0.15, 0.2) is 0 Å². The van der Waals surface area contributed by atoms with Crippen LogP contribution in [0.3, 0.4) is 0 Å². The third kappa shape index (κ3) is 2.60. The van der Waals surface area contributed by atoms with E-state index in [1.165, 1.54) is 6.42 Å². The van der Waals surface area contributed by atoms with Crippen molar-refractivity contribution in [3.63, 3.8) is 0 Å². The van der Waals surface area contributed by atoms with Crippen LogP contribution in [0.25, 0.3) is 22.1 Å². The van der Waals surface area contributed by atoms with E-state index in [-0.39, 0.29) is 0 Å². The normalized spacial score (nSPS) is 18.0. The minimum absolute atomic E-state index is 0.537. The zero-order valence-electron chi connectivity index (χ0n) is 14.6. The number of aromatic nitrogens is 5. The first-order valence-corrected chi connectivity index (χ1v) is 9.03. The standard InChI is InChI=1S/C19H20N6O/c1-12-17-18(20-11-21-19(17)26-24-12)25-8-4-5-13(10-25)9-16-22-14-6-2-3-7-15(14)23-16/h2-3,6-7,11,13H,4-5,8-10H2,1H3,(H,22,23). The Hall–Kier alpha value is -2.96. The molecule has 26 heavy (non-hydrogen) atoms. The molecule has 7 nitrogen and oxygen atoms in total. The molecule has 1 unspecified atom stereocenters. The summed E-state index contributed by atoms with van der Waals surface area (Å²) in [5.74, 6) is 2.53. The maximum atomic E-state index is 5.29. The fraction of sp³-hybridized carbons (Fsp3) is 0.368. The second-order valence-corrected chi connectivity index (χ2v) is 7.00. The summed E-state index contributed by atoms with van der Waals surface area (Å²) >= 11 is 0. The zero-order chi connectivity index (χ0) is 17.5. The van der Waals surface area contributed by atoms with Crippen molar-refractivity contribution in [2.45, 2.75) is 26.2 Å². The van der Waals surface area contributed by atoms with Crippen molar-refractivity contribution in [1.29, 1.82) is 0 Å². The molecule has 0 spiro atoms. The Kier molecular flexibility index (Phi) is 3.58. The van der Waals surface area contributed by atoms with Crippen molar-refractivity contribution in [2.75, 3.05) is 18.0 Å². The molecule has 4 aromatic rings. The van der Waals surface area contributed by atoms with Gasteiger partial charge in [-0.3, -0.25) is 0 Å². The zero-order valence-corrected chi connectivity index (χ0v) is 14.6. The Morgan fingerprint density at radius 2 is 2.19 bits per heavy atom.